The molecule has 2 unspecified atom stereocenters. The van der Waals surface area contributed by atoms with Crippen LogP contribution in [0.4, 0.5) is 0 Å². The monoisotopic (exact) mass is 355 g/mol. The third-order valence-electron chi connectivity index (χ3n) is 3.25. The lowest BCUT2D eigenvalue weighted by Gasteiger charge is -2.15. The predicted octanol–water partition coefficient (Wildman–Crippen LogP) is 2.60. The van der Waals surface area contributed by atoms with Gasteiger partial charge < -0.3 is 20.5 Å². The second-order valence-electron chi connectivity index (χ2n) is 5.59. The summed E-state index contributed by atoms with van der Waals surface area (Å²) in [7, 11) is -4.12. The van der Waals surface area contributed by atoms with Crippen LogP contribution in [-0.2, 0) is 18.3 Å². The Labute approximate surface area is 140 Å². The van der Waals surface area contributed by atoms with Gasteiger partial charge in [0, 0.05) is 13.2 Å². The number of aliphatic hydroxyl groups is 1. The number of phosphoric ester groups is 1. The Bertz CT molecular complexity index is 306. The van der Waals surface area contributed by atoms with Crippen LogP contribution < -0.4 is 5.73 Å². The second-order valence-corrected chi connectivity index (χ2v) is 7.04. The first-order chi connectivity index (χ1) is 11.0. The Morgan fingerprint density at radius 2 is 1.57 bits per heavy atom. The van der Waals surface area contributed by atoms with E-state index in [0.29, 0.717) is 6.61 Å². The van der Waals surface area contributed by atoms with E-state index in [1.807, 2.05) is 0 Å². The molecule has 0 rings (SSSR count). The number of aliphatic hydroxyl groups excluding tert-OH is 1. The topological polar surface area (TPSA) is 111 Å². The van der Waals surface area contributed by atoms with Crippen molar-refractivity contribution in [1.82, 2.24) is 0 Å². The number of nitrogens with two attached hydrogens (primary N) is 1. The lowest BCUT2D eigenvalue weighted by atomic mass is 10.1. The lowest BCUT2D eigenvalue weighted by Crippen LogP contribution is -2.22. The van der Waals surface area contributed by atoms with E-state index >= 15 is 0 Å². The van der Waals surface area contributed by atoms with Gasteiger partial charge in [-0.15, -0.1) is 0 Å². The van der Waals surface area contributed by atoms with Crippen LogP contribution in [0.5, 0.6) is 0 Å². The van der Waals surface area contributed by atoms with Gasteiger partial charge in [-0.3, -0.25) is 9.05 Å². The van der Waals surface area contributed by atoms with Crippen molar-refractivity contribution in [3.63, 3.8) is 0 Å². The van der Waals surface area contributed by atoms with Gasteiger partial charge in [-0.1, -0.05) is 51.9 Å². The van der Waals surface area contributed by atoms with Crippen molar-refractivity contribution in [1.29, 1.82) is 0 Å². The molecule has 8 heteroatoms. The smallest absolute Gasteiger partial charge is 0.388 e. The maximum absolute atomic E-state index is 11.3. The summed E-state index contributed by atoms with van der Waals surface area (Å²) >= 11 is 0. The van der Waals surface area contributed by atoms with E-state index in [0.717, 1.165) is 12.8 Å². The molecular formula is C15H34NO6P. The molecule has 0 fully saturated rings. The highest BCUT2D eigenvalue weighted by Gasteiger charge is 2.22. The van der Waals surface area contributed by atoms with E-state index in [4.69, 9.17) is 10.5 Å². The van der Waals surface area contributed by atoms with Gasteiger partial charge >= 0.3 is 7.82 Å². The first kappa shape index (κ1) is 23.0. The Balaban J connectivity index is 3.39. The van der Waals surface area contributed by atoms with E-state index in [1.165, 1.54) is 38.5 Å². The summed E-state index contributed by atoms with van der Waals surface area (Å²) < 4.78 is 25.8. The van der Waals surface area contributed by atoms with Gasteiger partial charge in [0.1, 0.15) is 6.10 Å². The first-order valence-electron chi connectivity index (χ1n) is 8.59. The zero-order valence-electron chi connectivity index (χ0n) is 14.3. The molecule has 0 aromatic rings. The predicted molar refractivity (Wildman–Crippen MR) is 90.2 cm³/mol. The third kappa shape index (κ3) is 16.6. The van der Waals surface area contributed by atoms with Crippen molar-refractivity contribution >= 4 is 7.82 Å². The SMILES string of the molecule is CCCCCCCCCCOCC(O)COP(=O)(O)OCCN. The Morgan fingerprint density at radius 1 is 0.957 bits per heavy atom. The van der Waals surface area contributed by atoms with E-state index in [-0.39, 0.29) is 26.4 Å². The molecular weight excluding hydrogens is 321 g/mol. The third-order valence-corrected chi connectivity index (χ3v) is 4.24. The molecule has 4 N–H and O–H groups in total. The van der Waals surface area contributed by atoms with Gasteiger partial charge in [-0.2, -0.15) is 0 Å². The van der Waals surface area contributed by atoms with Gasteiger partial charge in [-0.25, -0.2) is 4.57 Å². The average Bonchev–Trinajstić information content (AvgIpc) is 2.53. The number of hydrogen-bond donors (Lipinski definition) is 3. The van der Waals surface area contributed by atoms with Crippen LogP contribution in [0.1, 0.15) is 58.3 Å². The maximum Gasteiger partial charge on any atom is 0.472 e. The highest BCUT2D eigenvalue weighted by atomic mass is 31.2. The van der Waals surface area contributed by atoms with Crippen molar-refractivity contribution in [2.45, 2.75) is 64.4 Å². The van der Waals surface area contributed by atoms with Crippen LogP contribution in [0.2, 0.25) is 0 Å². The molecule has 0 saturated heterocycles. The molecule has 0 aliphatic heterocycles. The highest BCUT2D eigenvalue weighted by molar-refractivity contribution is 7.47. The molecule has 0 heterocycles. The molecule has 7 nitrogen and oxygen atoms in total. The van der Waals surface area contributed by atoms with Crippen molar-refractivity contribution in [2.24, 2.45) is 5.73 Å². The quantitative estimate of drug-likeness (QED) is 0.272. The Kier molecular flexibility index (Phi) is 15.5. The molecule has 2 atom stereocenters. The molecule has 0 aliphatic rings. The zero-order chi connectivity index (χ0) is 17.4. The number of hydrogen-bond acceptors (Lipinski definition) is 6. The van der Waals surface area contributed by atoms with Gasteiger partial charge in [0.15, 0.2) is 0 Å². The number of ether oxygens (including phenoxy) is 1. The number of rotatable bonds is 17. The largest absolute Gasteiger partial charge is 0.472 e. The van der Waals surface area contributed by atoms with Crippen LogP contribution in [-0.4, -0.2) is 49.1 Å². The molecule has 0 spiro atoms. The molecule has 0 aromatic heterocycles. The zero-order valence-corrected chi connectivity index (χ0v) is 15.2. The minimum Gasteiger partial charge on any atom is -0.388 e. The fourth-order valence-corrected chi connectivity index (χ4v) is 2.76. The maximum atomic E-state index is 11.3. The van der Waals surface area contributed by atoms with Crippen molar-refractivity contribution in [3.05, 3.63) is 0 Å². The van der Waals surface area contributed by atoms with Gasteiger partial charge in [0.05, 0.1) is 19.8 Å². The van der Waals surface area contributed by atoms with E-state index in [1.54, 1.807) is 0 Å². The summed E-state index contributed by atoms with van der Waals surface area (Å²) in [6, 6.07) is 0. The van der Waals surface area contributed by atoms with Crippen LogP contribution in [0.3, 0.4) is 0 Å². The second kappa shape index (κ2) is 15.5. The molecule has 140 valence electrons. The van der Waals surface area contributed by atoms with Crippen molar-refractivity contribution < 1.29 is 28.3 Å². The first-order valence-corrected chi connectivity index (χ1v) is 10.1. The Hall–Kier alpha value is -0.0100. The van der Waals surface area contributed by atoms with Crippen LogP contribution in [0, 0.1) is 0 Å². The van der Waals surface area contributed by atoms with E-state index in [9.17, 15) is 14.6 Å². The summed E-state index contributed by atoms with van der Waals surface area (Å²) in [6.45, 7) is 2.61. The number of phosphoric acid groups is 1. The highest BCUT2D eigenvalue weighted by Crippen LogP contribution is 2.42. The molecule has 0 aliphatic carbocycles. The summed E-state index contributed by atoms with van der Waals surface area (Å²) in [4.78, 5) is 9.24. The fourth-order valence-electron chi connectivity index (χ4n) is 1.99. The summed E-state index contributed by atoms with van der Waals surface area (Å²) in [5, 5.41) is 9.60. The molecule has 0 saturated carbocycles. The minimum absolute atomic E-state index is 0.0706. The summed E-state index contributed by atoms with van der Waals surface area (Å²) in [6.07, 6.45) is 8.82. The van der Waals surface area contributed by atoms with Gasteiger partial charge in [-0.05, 0) is 6.42 Å². The van der Waals surface area contributed by atoms with E-state index in [2.05, 4.69) is 16.0 Å². The Morgan fingerprint density at radius 3 is 2.17 bits per heavy atom. The van der Waals surface area contributed by atoms with E-state index < -0.39 is 13.9 Å². The van der Waals surface area contributed by atoms with Crippen LogP contribution in [0.15, 0.2) is 0 Å². The van der Waals surface area contributed by atoms with Crippen molar-refractivity contribution in [3.8, 4) is 0 Å². The van der Waals surface area contributed by atoms with Crippen molar-refractivity contribution in [2.75, 3.05) is 33.0 Å². The summed E-state index contributed by atoms with van der Waals surface area (Å²) in [5.74, 6) is 0. The fraction of sp³-hybridized carbons (Fsp3) is 1.00. The average molecular weight is 355 g/mol. The molecule has 0 bridgehead atoms. The lowest BCUT2D eigenvalue weighted by molar-refractivity contribution is 0.00230. The van der Waals surface area contributed by atoms with Crippen LogP contribution in [0.25, 0.3) is 0 Å². The molecule has 0 radical (unpaired) electrons. The number of unbranched alkanes of at least 4 members (excludes halogenated alkanes) is 7. The normalized spacial score (nSPS) is 15.5. The minimum atomic E-state index is -4.12. The van der Waals surface area contributed by atoms with Gasteiger partial charge in [0.2, 0.25) is 0 Å². The molecule has 23 heavy (non-hydrogen) atoms. The standard InChI is InChI=1S/C15H34NO6P/c1-2-3-4-5-6-7-8-9-11-20-13-15(17)14-22-23(18,19)21-12-10-16/h15,17H,2-14,16H2,1H3,(H,18,19). The summed E-state index contributed by atoms with van der Waals surface area (Å²) in [5.41, 5.74) is 5.16. The van der Waals surface area contributed by atoms with Crippen LogP contribution >= 0.6 is 7.82 Å². The molecule has 0 aromatic carbocycles. The van der Waals surface area contributed by atoms with Gasteiger partial charge in [0.25, 0.3) is 0 Å². The molecule has 0 amide bonds.